The van der Waals surface area contributed by atoms with Crippen LogP contribution in [0.15, 0.2) is 30.3 Å². The van der Waals surface area contributed by atoms with Crippen molar-refractivity contribution < 1.29 is 0 Å². The standard InChI is InChI=1S/C28H44NP/c1-17(2)23-15-24(18(3)4)28(25(16-23)19(5)6)29-26-13-12-22(11)14-27(26)30(20(7)8)21(9)10/h12-21,29H,1-11H3. The van der Waals surface area contributed by atoms with Crippen LogP contribution >= 0.6 is 7.92 Å². The zero-order valence-corrected chi connectivity index (χ0v) is 22.1. The van der Waals surface area contributed by atoms with Gasteiger partial charge in [-0.25, -0.2) is 0 Å². The molecule has 0 radical (unpaired) electrons. The molecule has 0 spiro atoms. The molecule has 0 bridgehead atoms. The average molecular weight is 426 g/mol. The lowest BCUT2D eigenvalue weighted by Gasteiger charge is -2.30. The molecule has 0 unspecified atom stereocenters. The van der Waals surface area contributed by atoms with Gasteiger partial charge in [0.1, 0.15) is 0 Å². The van der Waals surface area contributed by atoms with Crippen molar-refractivity contribution >= 4 is 24.6 Å². The maximum atomic E-state index is 3.97. The van der Waals surface area contributed by atoms with Crippen molar-refractivity contribution in [2.24, 2.45) is 0 Å². The van der Waals surface area contributed by atoms with E-state index in [1.54, 1.807) is 0 Å². The van der Waals surface area contributed by atoms with Gasteiger partial charge in [-0.3, -0.25) is 0 Å². The summed E-state index contributed by atoms with van der Waals surface area (Å²) in [7, 11) is -0.236. The van der Waals surface area contributed by atoms with E-state index in [0.717, 1.165) is 0 Å². The molecule has 30 heavy (non-hydrogen) atoms. The zero-order chi connectivity index (χ0) is 22.7. The Morgan fingerprint density at radius 1 is 0.667 bits per heavy atom. The summed E-state index contributed by atoms with van der Waals surface area (Å²) in [5, 5.41) is 5.49. The molecule has 0 amide bonds. The van der Waals surface area contributed by atoms with Crippen molar-refractivity contribution in [3.05, 3.63) is 52.6 Å². The van der Waals surface area contributed by atoms with Crippen molar-refractivity contribution in [3.8, 4) is 0 Å². The molecule has 0 heterocycles. The minimum absolute atomic E-state index is 0.236. The first-order valence-corrected chi connectivity index (χ1v) is 13.3. The number of rotatable bonds is 8. The predicted molar refractivity (Wildman–Crippen MR) is 140 cm³/mol. The monoisotopic (exact) mass is 425 g/mol. The molecule has 0 saturated heterocycles. The molecule has 1 nitrogen and oxygen atoms in total. The van der Waals surface area contributed by atoms with Gasteiger partial charge in [-0.2, -0.15) is 0 Å². The molecule has 0 atom stereocenters. The number of hydrogen-bond acceptors (Lipinski definition) is 1. The van der Waals surface area contributed by atoms with Crippen LogP contribution in [0.2, 0.25) is 0 Å². The van der Waals surface area contributed by atoms with E-state index in [-0.39, 0.29) is 7.92 Å². The van der Waals surface area contributed by atoms with Gasteiger partial charge in [-0.1, -0.05) is 101 Å². The minimum Gasteiger partial charge on any atom is -0.355 e. The number of benzene rings is 2. The van der Waals surface area contributed by atoms with Gasteiger partial charge in [0.2, 0.25) is 0 Å². The first-order valence-electron chi connectivity index (χ1n) is 11.8. The summed E-state index contributed by atoms with van der Waals surface area (Å²) in [6, 6.07) is 11.9. The number of anilines is 2. The lowest BCUT2D eigenvalue weighted by atomic mass is 9.87. The van der Waals surface area contributed by atoms with Gasteiger partial charge in [-0.15, -0.1) is 0 Å². The third-order valence-corrected chi connectivity index (χ3v) is 9.09. The molecular formula is C28H44NP. The van der Waals surface area contributed by atoms with E-state index in [4.69, 9.17) is 0 Å². The molecule has 2 aromatic rings. The SMILES string of the molecule is Cc1ccc(Nc2c(C(C)C)cc(C(C)C)cc2C(C)C)c(P(C(C)C)C(C)C)c1. The summed E-state index contributed by atoms with van der Waals surface area (Å²) in [5.41, 5.74) is 9.65. The van der Waals surface area contributed by atoms with E-state index >= 15 is 0 Å². The van der Waals surface area contributed by atoms with Crippen LogP contribution in [0, 0.1) is 6.92 Å². The van der Waals surface area contributed by atoms with E-state index in [2.05, 4.69) is 112 Å². The summed E-state index contributed by atoms with van der Waals surface area (Å²) < 4.78 is 0. The molecule has 0 aliphatic heterocycles. The second kappa shape index (κ2) is 10.3. The Morgan fingerprint density at radius 2 is 1.17 bits per heavy atom. The van der Waals surface area contributed by atoms with Crippen LogP contribution in [0.25, 0.3) is 0 Å². The lowest BCUT2D eigenvalue weighted by Crippen LogP contribution is -2.19. The van der Waals surface area contributed by atoms with Gasteiger partial charge < -0.3 is 5.32 Å². The highest BCUT2D eigenvalue weighted by Crippen LogP contribution is 2.48. The summed E-state index contributed by atoms with van der Waals surface area (Å²) in [6.45, 7) is 25.6. The minimum atomic E-state index is -0.236. The van der Waals surface area contributed by atoms with Gasteiger partial charge in [0.25, 0.3) is 0 Å². The third-order valence-electron chi connectivity index (χ3n) is 5.94. The first-order chi connectivity index (χ1) is 13.9. The summed E-state index contributed by atoms with van der Waals surface area (Å²) >= 11 is 0. The number of aryl methyl sites for hydroxylation is 1. The molecule has 0 aliphatic carbocycles. The van der Waals surface area contributed by atoms with Gasteiger partial charge >= 0.3 is 0 Å². The van der Waals surface area contributed by atoms with E-state index in [1.807, 2.05) is 0 Å². The van der Waals surface area contributed by atoms with Crippen molar-refractivity contribution in [3.63, 3.8) is 0 Å². The summed E-state index contributed by atoms with van der Waals surface area (Å²) in [6.07, 6.45) is 0. The number of hydrogen-bond donors (Lipinski definition) is 1. The van der Waals surface area contributed by atoms with Gasteiger partial charge in [0.15, 0.2) is 0 Å². The van der Waals surface area contributed by atoms with Crippen LogP contribution in [-0.2, 0) is 0 Å². The van der Waals surface area contributed by atoms with Crippen LogP contribution in [0.5, 0.6) is 0 Å². The van der Waals surface area contributed by atoms with E-state index in [1.165, 1.54) is 38.9 Å². The molecule has 166 valence electrons. The topological polar surface area (TPSA) is 12.0 Å². The fourth-order valence-electron chi connectivity index (χ4n) is 4.35. The zero-order valence-electron chi connectivity index (χ0n) is 21.2. The second-order valence-corrected chi connectivity index (χ2v) is 13.6. The molecule has 0 aromatic heterocycles. The number of nitrogens with one attached hydrogen (secondary N) is 1. The van der Waals surface area contributed by atoms with E-state index in [0.29, 0.717) is 29.1 Å². The highest BCUT2D eigenvalue weighted by Gasteiger charge is 2.24. The normalized spacial score (nSPS) is 12.3. The molecule has 1 N–H and O–H groups in total. The Bertz CT molecular complexity index is 809. The summed E-state index contributed by atoms with van der Waals surface area (Å²) in [4.78, 5) is 0. The van der Waals surface area contributed by atoms with Crippen molar-refractivity contribution in [2.45, 2.75) is 105 Å². The molecule has 0 aliphatic rings. The fraction of sp³-hybridized carbons (Fsp3) is 0.571. The third kappa shape index (κ3) is 5.67. The fourth-order valence-corrected chi connectivity index (χ4v) is 7.42. The van der Waals surface area contributed by atoms with Gasteiger partial charge in [-0.05, 0) is 64.8 Å². The Labute approximate surface area is 187 Å². The first kappa shape index (κ1) is 24.9. The Kier molecular flexibility index (Phi) is 8.58. The highest BCUT2D eigenvalue weighted by atomic mass is 31.1. The van der Waals surface area contributed by atoms with E-state index in [9.17, 15) is 0 Å². The average Bonchev–Trinajstić information content (AvgIpc) is 2.62. The van der Waals surface area contributed by atoms with Crippen molar-refractivity contribution in [2.75, 3.05) is 5.32 Å². The van der Waals surface area contributed by atoms with Crippen molar-refractivity contribution in [1.29, 1.82) is 0 Å². The van der Waals surface area contributed by atoms with Gasteiger partial charge in [0.05, 0.1) is 0 Å². The van der Waals surface area contributed by atoms with Crippen LogP contribution in [-0.4, -0.2) is 11.3 Å². The molecule has 0 fully saturated rings. The van der Waals surface area contributed by atoms with Crippen LogP contribution in [0.3, 0.4) is 0 Å². The maximum Gasteiger partial charge on any atom is 0.0462 e. The quantitative estimate of drug-likeness (QED) is 0.416. The molecular weight excluding hydrogens is 381 g/mol. The highest BCUT2D eigenvalue weighted by molar-refractivity contribution is 7.67. The Morgan fingerprint density at radius 3 is 1.57 bits per heavy atom. The lowest BCUT2D eigenvalue weighted by molar-refractivity contribution is 0.808. The Hall–Kier alpha value is -1.33. The smallest absolute Gasteiger partial charge is 0.0462 e. The van der Waals surface area contributed by atoms with Crippen LogP contribution in [0.4, 0.5) is 11.4 Å². The maximum absolute atomic E-state index is 3.97. The molecule has 0 saturated carbocycles. The summed E-state index contributed by atoms with van der Waals surface area (Å²) in [5.74, 6) is 1.50. The van der Waals surface area contributed by atoms with E-state index < -0.39 is 0 Å². The molecule has 2 rings (SSSR count). The van der Waals surface area contributed by atoms with Crippen molar-refractivity contribution in [1.82, 2.24) is 0 Å². The van der Waals surface area contributed by atoms with Gasteiger partial charge in [0, 0.05) is 16.7 Å². The predicted octanol–water partition coefficient (Wildman–Crippen LogP) is 9.03. The van der Waals surface area contributed by atoms with Crippen LogP contribution < -0.4 is 10.6 Å². The largest absolute Gasteiger partial charge is 0.355 e. The molecule has 2 heteroatoms. The second-order valence-electron chi connectivity index (χ2n) is 10.3. The Balaban J connectivity index is 2.71. The molecule has 2 aromatic carbocycles. The van der Waals surface area contributed by atoms with Crippen LogP contribution in [0.1, 0.15) is 109 Å².